The summed E-state index contributed by atoms with van der Waals surface area (Å²) in [4.78, 5) is 4.23. The summed E-state index contributed by atoms with van der Waals surface area (Å²) in [6, 6.07) is 3.98. The zero-order valence-electron chi connectivity index (χ0n) is 8.14. The third kappa shape index (κ3) is 2.72. The molecule has 2 nitrogen and oxygen atoms in total. The summed E-state index contributed by atoms with van der Waals surface area (Å²) in [6.45, 7) is 4.05. The van der Waals surface area contributed by atoms with Gasteiger partial charge >= 0.3 is 0 Å². The van der Waals surface area contributed by atoms with Gasteiger partial charge in [-0.1, -0.05) is 15.9 Å². The quantitative estimate of drug-likeness (QED) is 0.502. The molecule has 0 atom stereocenters. The van der Waals surface area contributed by atoms with E-state index < -0.39 is 0 Å². The first-order valence-corrected chi connectivity index (χ1v) is 5.53. The average molecular weight is 276 g/mol. The fourth-order valence-electron chi connectivity index (χ4n) is 1.10. The molecule has 0 spiro atoms. The lowest BCUT2D eigenvalue weighted by atomic mass is 10.1. The monoisotopic (exact) mass is 274 g/mol. The standard InChI is InChI=1S/C10H12BrClN2/c1-6-3-8(11)4-9(7(6)2)14-10(13)5-12/h3-4H,5H2,1-2H3,(H2,13,14). The zero-order valence-corrected chi connectivity index (χ0v) is 10.5. The summed E-state index contributed by atoms with van der Waals surface area (Å²) in [7, 11) is 0. The first-order valence-electron chi connectivity index (χ1n) is 4.20. The van der Waals surface area contributed by atoms with Crippen LogP contribution in [-0.2, 0) is 0 Å². The maximum absolute atomic E-state index is 5.58. The molecule has 0 amide bonds. The number of aryl methyl sites for hydroxylation is 1. The Morgan fingerprint density at radius 3 is 2.71 bits per heavy atom. The van der Waals surface area contributed by atoms with E-state index in [9.17, 15) is 0 Å². The Hall–Kier alpha value is -0.540. The van der Waals surface area contributed by atoms with Crippen molar-refractivity contribution < 1.29 is 0 Å². The van der Waals surface area contributed by atoms with Crippen LogP contribution in [0.4, 0.5) is 5.69 Å². The molecule has 4 heteroatoms. The number of amidine groups is 1. The van der Waals surface area contributed by atoms with Crippen LogP contribution in [0, 0.1) is 13.8 Å². The summed E-state index contributed by atoms with van der Waals surface area (Å²) in [5, 5.41) is 0. The number of aliphatic imine (C=N–C) groups is 1. The SMILES string of the molecule is Cc1cc(Br)cc(N=C(N)CCl)c1C. The number of alkyl halides is 1. The molecular formula is C10H12BrClN2. The van der Waals surface area contributed by atoms with Gasteiger partial charge in [-0.05, 0) is 37.1 Å². The first-order chi connectivity index (χ1) is 6.54. The van der Waals surface area contributed by atoms with Crippen LogP contribution in [0.15, 0.2) is 21.6 Å². The normalized spacial score (nSPS) is 11.9. The number of hydrogen-bond donors (Lipinski definition) is 1. The van der Waals surface area contributed by atoms with Crippen LogP contribution in [0.5, 0.6) is 0 Å². The minimum Gasteiger partial charge on any atom is -0.386 e. The van der Waals surface area contributed by atoms with E-state index >= 15 is 0 Å². The number of rotatable bonds is 2. The van der Waals surface area contributed by atoms with Crippen molar-refractivity contribution in [1.29, 1.82) is 0 Å². The van der Waals surface area contributed by atoms with Crippen LogP contribution in [-0.4, -0.2) is 11.7 Å². The van der Waals surface area contributed by atoms with Gasteiger partial charge in [0, 0.05) is 4.47 Å². The third-order valence-electron chi connectivity index (χ3n) is 2.01. The van der Waals surface area contributed by atoms with E-state index in [2.05, 4.69) is 20.9 Å². The lowest BCUT2D eigenvalue weighted by Crippen LogP contribution is -2.12. The molecular weight excluding hydrogens is 263 g/mol. The molecule has 14 heavy (non-hydrogen) atoms. The van der Waals surface area contributed by atoms with E-state index in [1.165, 1.54) is 5.56 Å². The molecule has 0 unspecified atom stereocenters. The van der Waals surface area contributed by atoms with Gasteiger partial charge in [-0.25, -0.2) is 4.99 Å². The minimum absolute atomic E-state index is 0.255. The van der Waals surface area contributed by atoms with Crippen LogP contribution in [0.2, 0.25) is 0 Å². The number of nitrogens with two attached hydrogens (primary N) is 1. The second-order valence-corrected chi connectivity index (χ2v) is 4.29. The van der Waals surface area contributed by atoms with Crippen molar-refractivity contribution in [2.24, 2.45) is 10.7 Å². The van der Waals surface area contributed by atoms with Crippen molar-refractivity contribution in [1.82, 2.24) is 0 Å². The summed E-state index contributed by atoms with van der Waals surface area (Å²) in [6.07, 6.45) is 0. The second kappa shape index (κ2) is 4.80. The topological polar surface area (TPSA) is 38.4 Å². The fourth-order valence-corrected chi connectivity index (χ4v) is 1.72. The Labute approximate surface area is 97.3 Å². The molecule has 0 saturated carbocycles. The van der Waals surface area contributed by atoms with Gasteiger partial charge in [0.15, 0.2) is 0 Å². The van der Waals surface area contributed by atoms with Crippen LogP contribution in [0.3, 0.4) is 0 Å². The maximum Gasteiger partial charge on any atom is 0.115 e. The van der Waals surface area contributed by atoms with E-state index in [1.807, 2.05) is 26.0 Å². The zero-order chi connectivity index (χ0) is 10.7. The second-order valence-electron chi connectivity index (χ2n) is 3.10. The largest absolute Gasteiger partial charge is 0.386 e. The lowest BCUT2D eigenvalue weighted by molar-refractivity contribution is 1.29. The van der Waals surface area contributed by atoms with Crippen LogP contribution >= 0.6 is 27.5 Å². The first kappa shape index (κ1) is 11.5. The Balaban J connectivity index is 3.21. The number of hydrogen-bond acceptors (Lipinski definition) is 1. The van der Waals surface area contributed by atoms with Gasteiger partial charge in [0.25, 0.3) is 0 Å². The molecule has 0 aliphatic carbocycles. The number of halogens is 2. The molecule has 76 valence electrons. The van der Waals surface area contributed by atoms with Crippen LogP contribution in [0.25, 0.3) is 0 Å². The van der Waals surface area contributed by atoms with Crippen molar-refractivity contribution in [2.45, 2.75) is 13.8 Å². The highest BCUT2D eigenvalue weighted by Crippen LogP contribution is 2.26. The summed E-state index contributed by atoms with van der Waals surface area (Å²) in [5.41, 5.74) is 8.75. The summed E-state index contributed by atoms with van der Waals surface area (Å²) >= 11 is 8.98. The predicted molar refractivity (Wildman–Crippen MR) is 65.6 cm³/mol. The van der Waals surface area contributed by atoms with Crippen LogP contribution < -0.4 is 5.73 Å². The van der Waals surface area contributed by atoms with E-state index in [-0.39, 0.29) is 5.88 Å². The Kier molecular flexibility index (Phi) is 3.96. The molecule has 0 heterocycles. The van der Waals surface area contributed by atoms with Gasteiger partial charge < -0.3 is 5.73 Å². The lowest BCUT2D eigenvalue weighted by Gasteiger charge is -2.06. The molecule has 0 bridgehead atoms. The highest BCUT2D eigenvalue weighted by Gasteiger charge is 2.02. The predicted octanol–water partition coefficient (Wildman–Crippen LogP) is 3.29. The van der Waals surface area contributed by atoms with E-state index in [1.54, 1.807) is 0 Å². The van der Waals surface area contributed by atoms with Gasteiger partial charge in [0.2, 0.25) is 0 Å². The summed E-state index contributed by atoms with van der Waals surface area (Å²) < 4.78 is 1.00. The van der Waals surface area contributed by atoms with E-state index in [4.69, 9.17) is 17.3 Å². The number of benzene rings is 1. The molecule has 2 N–H and O–H groups in total. The number of nitrogens with zero attached hydrogens (tertiary/aromatic N) is 1. The van der Waals surface area contributed by atoms with Gasteiger partial charge in [-0.2, -0.15) is 0 Å². The van der Waals surface area contributed by atoms with Crippen LogP contribution in [0.1, 0.15) is 11.1 Å². The molecule has 1 aromatic rings. The smallest absolute Gasteiger partial charge is 0.115 e. The molecule has 0 radical (unpaired) electrons. The van der Waals surface area contributed by atoms with Gasteiger partial charge in [-0.15, -0.1) is 11.6 Å². The molecule has 0 aliphatic heterocycles. The van der Waals surface area contributed by atoms with Crippen molar-refractivity contribution >= 4 is 39.1 Å². The Morgan fingerprint density at radius 1 is 1.50 bits per heavy atom. The van der Waals surface area contributed by atoms with E-state index in [0.717, 1.165) is 15.7 Å². The van der Waals surface area contributed by atoms with Gasteiger partial charge in [-0.3, -0.25) is 0 Å². The molecule has 0 aromatic heterocycles. The molecule has 1 aromatic carbocycles. The Bertz CT molecular complexity index is 375. The van der Waals surface area contributed by atoms with Gasteiger partial charge in [0.1, 0.15) is 5.84 Å². The van der Waals surface area contributed by atoms with E-state index in [0.29, 0.717) is 5.84 Å². The fraction of sp³-hybridized carbons (Fsp3) is 0.300. The highest BCUT2D eigenvalue weighted by atomic mass is 79.9. The maximum atomic E-state index is 5.58. The third-order valence-corrected chi connectivity index (χ3v) is 2.74. The Morgan fingerprint density at radius 2 is 2.14 bits per heavy atom. The molecule has 1 rings (SSSR count). The molecule has 0 saturated heterocycles. The highest BCUT2D eigenvalue weighted by molar-refractivity contribution is 9.10. The minimum atomic E-state index is 0.255. The van der Waals surface area contributed by atoms with Crippen molar-refractivity contribution in [3.05, 3.63) is 27.7 Å². The average Bonchev–Trinajstić information content (AvgIpc) is 2.13. The van der Waals surface area contributed by atoms with Gasteiger partial charge in [0.05, 0.1) is 11.6 Å². The summed E-state index contributed by atoms with van der Waals surface area (Å²) in [5.74, 6) is 0.692. The molecule has 0 aliphatic rings. The van der Waals surface area contributed by atoms with Crippen molar-refractivity contribution in [2.75, 3.05) is 5.88 Å². The van der Waals surface area contributed by atoms with Crippen molar-refractivity contribution in [3.8, 4) is 0 Å². The van der Waals surface area contributed by atoms with Crippen molar-refractivity contribution in [3.63, 3.8) is 0 Å². The molecule has 0 fully saturated rings.